The number of rotatable bonds is 6. The van der Waals surface area contributed by atoms with E-state index in [9.17, 15) is 0 Å². The van der Waals surface area contributed by atoms with Crippen LogP contribution in [0.3, 0.4) is 0 Å². The highest BCUT2D eigenvalue weighted by molar-refractivity contribution is 9.10. The van der Waals surface area contributed by atoms with E-state index in [2.05, 4.69) is 22.0 Å². The summed E-state index contributed by atoms with van der Waals surface area (Å²) in [5.41, 5.74) is 1.34. The van der Waals surface area contributed by atoms with Crippen molar-refractivity contribution in [1.82, 2.24) is 0 Å². The summed E-state index contributed by atoms with van der Waals surface area (Å²) in [6.45, 7) is 0.273. The topological polar surface area (TPSA) is 60.7 Å². The van der Waals surface area contributed by atoms with Gasteiger partial charge in [-0.3, -0.25) is 0 Å². The summed E-state index contributed by atoms with van der Waals surface area (Å²) in [6, 6.07) is 10.8. The first-order valence-electron chi connectivity index (χ1n) is 6.74. The molecule has 0 spiro atoms. The van der Waals surface area contributed by atoms with Gasteiger partial charge in [-0.15, -0.1) is 0 Å². The Kier molecular flexibility index (Phi) is 5.72. The molecular weight excluding hydrogens is 362 g/mol. The molecule has 0 aromatic heterocycles. The van der Waals surface area contributed by atoms with Gasteiger partial charge in [0, 0.05) is 11.6 Å². The molecule has 6 heteroatoms. The van der Waals surface area contributed by atoms with Crippen molar-refractivity contribution in [3.8, 4) is 29.1 Å². The maximum absolute atomic E-state index is 8.93. The summed E-state index contributed by atoms with van der Waals surface area (Å²) in [4.78, 5) is 0. The fourth-order valence-electron chi connectivity index (χ4n) is 2.05. The van der Waals surface area contributed by atoms with E-state index in [0.29, 0.717) is 28.6 Å². The van der Waals surface area contributed by atoms with E-state index in [1.54, 1.807) is 32.4 Å². The van der Waals surface area contributed by atoms with Crippen LogP contribution >= 0.6 is 15.9 Å². The lowest BCUT2D eigenvalue weighted by Crippen LogP contribution is -2.01. The SMILES string of the molecule is COc1cc(COc2ccc(C#N)cc2OC)c(OC)cc1Br. The van der Waals surface area contributed by atoms with Gasteiger partial charge < -0.3 is 18.9 Å². The van der Waals surface area contributed by atoms with Crippen LogP contribution in [0, 0.1) is 11.3 Å². The molecule has 0 saturated carbocycles. The van der Waals surface area contributed by atoms with Crippen molar-refractivity contribution in [3.63, 3.8) is 0 Å². The third-order valence-electron chi connectivity index (χ3n) is 3.23. The molecule has 0 fully saturated rings. The molecule has 0 aliphatic rings. The summed E-state index contributed by atoms with van der Waals surface area (Å²) >= 11 is 3.42. The number of ether oxygens (including phenoxy) is 4. The van der Waals surface area contributed by atoms with Crippen molar-refractivity contribution in [2.45, 2.75) is 6.61 Å². The number of nitrogens with zero attached hydrogens (tertiary/aromatic N) is 1. The third-order valence-corrected chi connectivity index (χ3v) is 3.85. The van der Waals surface area contributed by atoms with Crippen LogP contribution in [-0.4, -0.2) is 21.3 Å². The van der Waals surface area contributed by atoms with Crippen LogP contribution < -0.4 is 18.9 Å². The summed E-state index contributed by atoms with van der Waals surface area (Å²) < 4.78 is 22.5. The molecule has 5 nitrogen and oxygen atoms in total. The molecule has 23 heavy (non-hydrogen) atoms. The molecule has 120 valence electrons. The second kappa shape index (κ2) is 7.75. The van der Waals surface area contributed by atoms with Gasteiger partial charge in [0.1, 0.15) is 18.1 Å². The molecule has 0 bridgehead atoms. The zero-order chi connectivity index (χ0) is 16.8. The van der Waals surface area contributed by atoms with Crippen LogP contribution in [0.4, 0.5) is 0 Å². The van der Waals surface area contributed by atoms with Crippen molar-refractivity contribution in [2.75, 3.05) is 21.3 Å². The molecule has 0 aliphatic heterocycles. The first-order valence-corrected chi connectivity index (χ1v) is 7.53. The lowest BCUT2D eigenvalue weighted by Gasteiger charge is -2.14. The van der Waals surface area contributed by atoms with E-state index in [0.717, 1.165) is 10.0 Å². The van der Waals surface area contributed by atoms with Crippen LogP contribution in [0.15, 0.2) is 34.8 Å². The van der Waals surface area contributed by atoms with Crippen molar-refractivity contribution in [1.29, 1.82) is 5.26 Å². The van der Waals surface area contributed by atoms with Crippen molar-refractivity contribution in [2.24, 2.45) is 0 Å². The number of nitriles is 1. The van der Waals surface area contributed by atoms with Crippen LogP contribution in [-0.2, 0) is 6.61 Å². The van der Waals surface area contributed by atoms with Gasteiger partial charge in [-0.2, -0.15) is 5.26 Å². The minimum absolute atomic E-state index is 0.273. The van der Waals surface area contributed by atoms with E-state index >= 15 is 0 Å². The fourth-order valence-corrected chi connectivity index (χ4v) is 2.53. The van der Waals surface area contributed by atoms with E-state index in [-0.39, 0.29) is 6.61 Å². The molecule has 0 atom stereocenters. The minimum Gasteiger partial charge on any atom is -0.496 e. The Bertz CT molecular complexity index is 740. The molecule has 0 unspecified atom stereocenters. The largest absolute Gasteiger partial charge is 0.496 e. The molecule has 0 heterocycles. The summed E-state index contributed by atoms with van der Waals surface area (Å²) in [5.74, 6) is 2.43. The normalized spacial score (nSPS) is 9.87. The molecule has 0 radical (unpaired) electrons. The minimum atomic E-state index is 0.273. The molecule has 0 aliphatic carbocycles. The first kappa shape index (κ1) is 17.0. The maximum Gasteiger partial charge on any atom is 0.162 e. The standard InChI is InChI=1S/C17H16BrNO4/c1-20-15-8-13(18)16(21-2)7-12(15)10-23-14-5-4-11(9-19)6-17(14)22-3/h4-8H,10H2,1-3H3. The molecule has 2 aromatic carbocycles. The van der Waals surface area contributed by atoms with Crippen LogP contribution in [0.2, 0.25) is 0 Å². The Morgan fingerprint density at radius 3 is 2.22 bits per heavy atom. The Labute approximate surface area is 143 Å². The number of hydrogen-bond acceptors (Lipinski definition) is 5. The highest BCUT2D eigenvalue weighted by Crippen LogP contribution is 2.34. The smallest absolute Gasteiger partial charge is 0.162 e. The van der Waals surface area contributed by atoms with E-state index in [4.69, 9.17) is 24.2 Å². The van der Waals surface area contributed by atoms with Crippen LogP contribution in [0.1, 0.15) is 11.1 Å². The average molecular weight is 378 g/mol. The lowest BCUT2D eigenvalue weighted by atomic mass is 10.2. The molecular formula is C17H16BrNO4. The van der Waals surface area contributed by atoms with Gasteiger partial charge in [0.25, 0.3) is 0 Å². The monoisotopic (exact) mass is 377 g/mol. The Balaban J connectivity index is 2.26. The van der Waals surface area contributed by atoms with E-state index in [1.165, 1.54) is 7.11 Å². The highest BCUT2D eigenvalue weighted by Gasteiger charge is 2.12. The van der Waals surface area contributed by atoms with Gasteiger partial charge in [-0.05, 0) is 40.2 Å². The molecule has 0 N–H and O–H groups in total. The molecule has 0 amide bonds. The van der Waals surface area contributed by atoms with Gasteiger partial charge in [-0.25, -0.2) is 0 Å². The first-order chi connectivity index (χ1) is 11.1. The summed E-state index contributed by atoms with van der Waals surface area (Å²) in [6.07, 6.45) is 0. The number of benzene rings is 2. The number of methoxy groups -OCH3 is 3. The molecule has 0 saturated heterocycles. The Morgan fingerprint density at radius 1 is 0.913 bits per heavy atom. The van der Waals surface area contributed by atoms with Gasteiger partial charge in [0.15, 0.2) is 11.5 Å². The van der Waals surface area contributed by atoms with Crippen molar-refractivity contribution < 1.29 is 18.9 Å². The van der Waals surface area contributed by atoms with Crippen molar-refractivity contribution >= 4 is 15.9 Å². The van der Waals surface area contributed by atoms with Gasteiger partial charge in [0.05, 0.1) is 37.4 Å². The predicted octanol–water partition coefficient (Wildman–Crippen LogP) is 3.93. The summed E-state index contributed by atoms with van der Waals surface area (Å²) in [7, 11) is 4.73. The number of hydrogen-bond donors (Lipinski definition) is 0. The zero-order valence-corrected chi connectivity index (χ0v) is 14.6. The Hall–Kier alpha value is -2.39. The van der Waals surface area contributed by atoms with Gasteiger partial charge in [0.2, 0.25) is 0 Å². The van der Waals surface area contributed by atoms with Gasteiger partial charge in [-0.1, -0.05) is 0 Å². The quantitative estimate of drug-likeness (QED) is 0.763. The highest BCUT2D eigenvalue weighted by atomic mass is 79.9. The van der Waals surface area contributed by atoms with Crippen LogP contribution in [0.5, 0.6) is 23.0 Å². The average Bonchev–Trinajstić information content (AvgIpc) is 2.60. The van der Waals surface area contributed by atoms with Crippen molar-refractivity contribution in [3.05, 3.63) is 45.9 Å². The van der Waals surface area contributed by atoms with Gasteiger partial charge >= 0.3 is 0 Å². The zero-order valence-electron chi connectivity index (χ0n) is 13.1. The lowest BCUT2D eigenvalue weighted by molar-refractivity contribution is 0.277. The molecule has 2 rings (SSSR count). The second-order valence-electron chi connectivity index (χ2n) is 4.56. The predicted molar refractivity (Wildman–Crippen MR) is 89.3 cm³/mol. The van der Waals surface area contributed by atoms with Crippen LogP contribution in [0.25, 0.3) is 0 Å². The molecule has 2 aromatic rings. The van der Waals surface area contributed by atoms with E-state index in [1.807, 2.05) is 12.1 Å². The Morgan fingerprint density at radius 2 is 1.61 bits per heavy atom. The second-order valence-corrected chi connectivity index (χ2v) is 5.42. The fraction of sp³-hybridized carbons (Fsp3) is 0.235. The van der Waals surface area contributed by atoms with E-state index < -0.39 is 0 Å². The maximum atomic E-state index is 8.93. The third kappa shape index (κ3) is 3.88. The summed E-state index contributed by atoms with van der Waals surface area (Å²) in [5, 5.41) is 8.93. The number of halogens is 1.